The second-order valence-electron chi connectivity index (χ2n) is 7.40. The van der Waals surface area contributed by atoms with Crippen molar-refractivity contribution in [2.75, 3.05) is 25.1 Å². The van der Waals surface area contributed by atoms with Crippen LogP contribution < -0.4 is 9.64 Å². The first-order chi connectivity index (χ1) is 14.7. The number of aromatic nitrogens is 5. The number of hydrogen-bond donors (Lipinski definition) is 0. The number of hydrogen-bond acceptors (Lipinski definition) is 8. The molecule has 0 radical (unpaired) electrons. The molecule has 1 fully saturated rings. The van der Waals surface area contributed by atoms with E-state index in [4.69, 9.17) is 9.26 Å². The third kappa shape index (κ3) is 4.30. The van der Waals surface area contributed by atoms with Crippen LogP contribution in [0.3, 0.4) is 0 Å². The van der Waals surface area contributed by atoms with Crippen LogP contribution in [0.2, 0.25) is 0 Å². The predicted octanol–water partition coefficient (Wildman–Crippen LogP) is 4.46. The molecule has 1 aromatic carbocycles. The average Bonchev–Trinajstić information content (AvgIpc) is 3.42. The highest BCUT2D eigenvalue weighted by Gasteiger charge is 2.26. The second kappa shape index (κ2) is 9.51. The summed E-state index contributed by atoms with van der Waals surface area (Å²) in [5, 5.41) is 13.9. The Labute approximate surface area is 181 Å². The van der Waals surface area contributed by atoms with E-state index in [1.165, 1.54) is 19.3 Å². The van der Waals surface area contributed by atoms with E-state index in [0.29, 0.717) is 5.89 Å². The van der Waals surface area contributed by atoms with Gasteiger partial charge < -0.3 is 14.2 Å². The molecule has 0 amide bonds. The van der Waals surface area contributed by atoms with Gasteiger partial charge in [-0.05, 0) is 44.7 Å². The Morgan fingerprint density at radius 1 is 1.17 bits per heavy atom. The Morgan fingerprint density at radius 2 is 1.97 bits per heavy atom. The highest BCUT2D eigenvalue weighted by Crippen LogP contribution is 2.38. The van der Waals surface area contributed by atoms with Gasteiger partial charge in [-0.3, -0.25) is 4.57 Å². The molecule has 0 spiro atoms. The molecule has 0 bridgehead atoms. The number of methoxy groups -OCH3 is 1. The van der Waals surface area contributed by atoms with Gasteiger partial charge in [-0.1, -0.05) is 36.0 Å². The van der Waals surface area contributed by atoms with Crippen LogP contribution in [0.4, 0.5) is 5.95 Å². The number of ether oxygens (including phenoxy) is 1. The molecule has 0 aliphatic carbocycles. The lowest BCUT2D eigenvalue weighted by molar-refractivity contribution is 0.374. The van der Waals surface area contributed by atoms with Crippen LogP contribution in [0.5, 0.6) is 5.75 Å². The molecule has 4 rings (SSSR count). The lowest BCUT2D eigenvalue weighted by Crippen LogP contribution is -2.31. The largest absolute Gasteiger partial charge is 0.495 e. The van der Waals surface area contributed by atoms with Gasteiger partial charge in [-0.2, -0.15) is 4.98 Å². The maximum atomic E-state index is 5.64. The number of anilines is 1. The van der Waals surface area contributed by atoms with Gasteiger partial charge in [0.15, 0.2) is 11.0 Å². The Morgan fingerprint density at radius 3 is 2.73 bits per heavy atom. The van der Waals surface area contributed by atoms with Crippen molar-refractivity contribution in [3.63, 3.8) is 0 Å². The molecule has 8 nitrogen and oxygen atoms in total. The fraction of sp³-hybridized carbons (Fsp3) is 0.524. The molecule has 9 heteroatoms. The Balaban J connectivity index is 1.69. The molecule has 1 aliphatic heterocycles. The summed E-state index contributed by atoms with van der Waals surface area (Å²) in [7, 11) is 1.69. The summed E-state index contributed by atoms with van der Waals surface area (Å²) in [5.41, 5.74) is 0.928. The summed E-state index contributed by atoms with van der Waals surface area (Å²) in [6.07, 6.45) is 5.40. The van der Waals surface area contributed by atoms with Crippen molar-refractivity contribution in [1.82, 2.24) is 24.9 Å². The molecule has 30 heavy (non-hydrogen) atoms. The van der Waals surface area contributed by atoms with Crippen LogP contribution in [0.25, 0.3) is 5.69 Å². The maximum absolute atomic E-state index is 5.64. The van der Waals surface area contributed by atoms with E-state index in [2.05, 4.69) is 43.7 Å². The van der Waals surface area contributed by atoms with E-state index < -0.39 is 0 Å². The predicted molar refractivity (Wildman–Crippen MR) is 117 cm³/mol. The second-order valence-corrected chi connectivity index (χ2v) is 8.70. The van der Waals surface area contributed by atoms with E-state index in [1.54, 1.807) is 18.9 Å². The van der Waals surface area contributed by atoms with E-state index >= 15 is 0 Å². The third-order valence-electron chi connectivity index (χ3n) is 5.17. The zero-order chi connectivity index (χ0) is 20.9. The minimum Gasteiger partial charge on any atom is -0.495 e. The summed E-state index contributed by atoms with van der Waals surface area (Å²) in [6, 6.07) is 7.97. The number of aryl methyl sites for hydroxylation is 1. The fourth-order valence-corrected chi connectivity index (χ4v) is 4.52. The summed E-state index contributed by atoms with van der Waals surface area (Å²) in [6.45, 7) is 6.12. The first-order valence-corrected chi connectivity index (χ1v) is 11.4. The molecule has 0 N–H and O–H groups in total. The normalized spacial score (nSPS) is 15.4. The van der Waals surface area contributed by atoms with Crippen molar-refractivity contribution < 1.29 is 9.26 Å². The highest BCUT2D eigenvalue weighted by molar-refractivity contribution is 7.99. The van der Waals surface area contributed by atoms with Crippen LogP contribution in [0.1, 0.15) is 56.5 Å². The number of piperidine rings is 1. The number of thioether (sulfide) groups is 1. The minimum absolute atomic E-state index is 0.0463. The van der Waals surface area contributed by atoms with Crippen LogP contribution in [-0.2, 0) is 6.42 Å². The van der Waals surface area contributed by atoms with Gasteiger partial charge in [0.05, 0.1) is 18.0 Å². The van der Waals surface area contributed by atoms with Crippen molar-refractivity contribution in [2.24, 2.45) is 0 Å². The van der Waals surface area contributed by atoms with Crippen molar-refractivity contribution in [1.29, 1.82) is 0 Å². The molecule has 3 heterocycles. The Kier molecular flexibility index (Phi) is 6.56. The molecule has 1 unspecified atom stereocenters. The number of para-hydroxylation sites is 2. The molecular formula is C21H28N6O2S. The quantitative estimate of drug-likeness (QED) is 0.487. The van der Waals surface area contributed by atoms with Gasteiger partial charge >= 0.3 is 0 Å². The zero-order valence-corrected chi connectivity index (χ0v) is 18.6. The standard InChI is InChI=1S/C21H28N6O2S/c1-4-10-18-22-19(29-25-18)15(2)30-21-24-23-20(26-13-8-5-9-14-26)27(21)16-11-6-7-12-17(16)28-3/h6-7,11-12,15H,4-5,8-10,13-14H2,1-3H3. The molecule has 2 aromatic heterocycles. The highest BCUT2D eigenvalue weighted by atomic mass is 32.2. The van der Waals surface area contributed by atoms with Gasteiger partial charge in [0.2, 0.25) is 11.8 Å². The van der Waals surface area contributed by atoms with E-state index in [1.807, 2.05) is 24.3 Å². The maximum Gasteiger partial charge on any atom is 0.239 e. The molecule has 3 aromatic rings. The van der Waals surface area contributed by atoms with E-state index in [-0.39, 0.29) is 5.25 Å². The number of rotatable bonds is 8. The van der Waals surface area contributed by atoms with Crippen LogP contribution in [-0.4, -0.2) is 45.1 Å². The van der Waals surface area contributed by atoms with Crippen molar-refractivity contribution in [2.45, 2.75) is 56.4 Å². The first-order valence-electron chi connectivity index (χ1n) is 10.5. The minimum atomic E-state index is -0.0463. The summed E-state index contributed by atoms with van der Waals surface area (Å²) >= 11 is 1.56. The molecule has 1 saturated heterocycles. The Hall–Kier alpha value is -2.55. The number of benzene rings is 1. The SMILES string of the molecule is CCCc1noc(C(C)Sc2nnc(N3CCCCC3)n2-c2ccccc2OC)n1. The van der Waals surface area contributed by atoms with E-state index in [9.17, 15) is 0 Å². The fourth-order valence-electron chi connectivity index (χ4n) is 3.63. The topological polar surface area (TPSA) is 82.1 Å². The van der Waals surface area contributed by atoms with Gasteiger partial charge in [0, 0.05) is 19.5 Å². The monoisotopic (exact) mass is 428 g/mol. The summed E-state index contributed by atoms with van der Waals surface area (Å²) in [5.74, 6) is 3.00. The molecule has 0 saturated carbocycles. The van der Waals surface area contributed by atoms with Crippen molar-refractivity contribution in [3.05, 3.63) is 36.0 Å². The number of nitrogens with zero attached hydrogens (tertiary/aromatic N) is 6. The van der Waals surface area contributed by atoms with Crippen molar-refractivity contribution >= 4 is 17.7 Å². The first kappa shape index (κ1) is 20.7. The lowest BCUT2D eigenvalue weighted by Gasteiger charge is -2.28. The van der Waals surface area contributed by atoms with Crippen LogP contribution in [0.15, 0.2) is 33.9 Å². The molecule has 1 aliphatic rings. The van der Waals surface area contributed by atoms with Crippen LogP contribution >= 0.6 is 11.8 Å². The zero-order valence-electron chi connectivity index (χ0n) is 17.7. The van der Waals surface area contributed by atoms with Gasteiger partial charge in [-0.15, -0.1) is 10.2 Å². The summed E-state index contributed by atoms with van der Waals surface area (Å²) in [4.78, 5) is 6.85. The molecular weight excluding hydrogens is 400 g/mol. The van der Waals surface area contributed by atoms with Crippen molar-refractivity contribution in [3.8, 4) is 11.4 Å². The smallest absolute Gasteiger partial charge is 0.239 e. The third-order valence-corrected chi connectivity index (χ3v) is 6.20. The van der Waals surface area contributed by atoms with Gasteiger partial charge in [0.25, 0.3) is 0 Å². The van der Waals surface area contributed by atoms with Gasteiger partial charge in [-0.25, -0.2) is 0 Å². The lowest BCUT2D eigenvalue weighted by atomic mass is 10.1. The average molecular weight is 429 g/mol. The molecule has 1 atom stereocenters. The summed E-state index contributed by atoms with van der Waals surface area (Å²) < 4.78 is 13.2. The Bertz CT molecular complexity index is 966. The van der Waals surface area contributed by atoms with E-state index in [0.717, 1.165) is 54.3 Å². The van der Waals surface area contributed by atoms with Gasteiger partial charge in [0.1, 0.15) is 5.75 Å². The molecule has 160 valence electrons. The van der Waals surface area contributed by atoms with Crippen LogP contribution in [0, 0.1) is 0 Å².